The summed E-state index contributed by atoms with van der Waals surface area (Å²) < 4.78 is 11.4. The summed E-state index contributed by atoms with van der Waals surface area (Å²) in [4.78, 5) is 24.9. The minimum Gasteiger partial charge on any atom is -0.463 e. The average Bonchev–Trinajstić information content (AvgIpc) is 2.93. The molecule has 5 nitrogen and oxygen atoms in total. The minimum absolute atomic E-state index is 0.0266. The third-order valence-electron chi connectivity index (χ3n) is 6.48. The molecule has 0 aliphatic heterocycles. The highest BCUT2D eigenvalue weighted by Gasteiger charge is 2.29. The van der Waals surface area contributed by atoms with Gasteiger partial charge in [0.1, 0.15) is 0 Å². The summed E-state index contributed by atoms with van der Waals surface area (Å²) in [5.41, 5.74) is 0.600. The van der Waals surface area contributed by atoms with Crippen molar-refractivity contribution in [3.63, 3.8) is 0 Å². The molecule has 0 fully saturated rings. The molecule has 1 amide bonds. The van der Waals surface area contributed by atoms with Crippen LogP contribution in [0.25, 0.3) is 0 Å². The van der Waals surface area contributed by atoms with Crippen molar-refractivity contribution in [2.24, 2.45) is 0 Å². The van der Waals surface area contributed by atoms with Crippen LogP contribution in [0.4, 0.5) is 0 Å². The fraction of sp³-hybridized carbons (Fsp3) is 0.588. The Morgan fingerprint density at radius 3 is 1.97 bits per heavy atom. The van der Waals surface area contributed by atoms with Crippen LogP contribution in [0.3, 0.4) is 0 Å². The number of hydrogen-bond acceptors (Lipinski definition) is 4. The first kappa shape index (κ1) is 34.4. The molecule has 0 heterocycles. The van der Waals surface area contributed by atoms with Crippen molar-refractivity contribution in [3.05, 3.63) is 72.4 Å². The Hall–Kier alpha value is -2.66. The number of esters is 1. The van der Waals surface area contributed by atoms with E-state index in [1.807, 2.05) is 6.08 Å². The van der Waals surface area contributed by atoms with Crippen LogP contribution in [0, 0.1) is 0 Å². The maximum atomic E-state index is 12.6. The van der Waals surface area contributed by atoms with Gasteiger partial charge in [0, 0.05) is 18.0 Å². The zero-order valence-corrected chi connectivity index (χ0v) is 24.9. The van der Waals surface area contributed by atoms with E-state index >= 15 is 0 Å². The standard InChI is InChI=1S/C34H53NO4/c1-5-9-10-11-12-13-14-15-16-17-18-19-20-21-22-23-24-25-33(36)35-30-26-29(34(37)38-8-4)27-32(28-30)39-31(6-2)7-3/h9-10,12-13,15-16,18-19,21-22,27,30-32H,5-8,11,14,17,20,23-26,28H2,1-4H3,(H,35,36)/b10-9-,13-12-,16-15-,19-18-,22-21-. The van der Waals surface area contributed by atoms with Crippen molar-refractivity contribution in [2.75, 3.05) is 6.61 Å². The number of allylic oxidation sites excluding steroid dienone is 10. The SMILES string of the molecule is CC/C=C\C/C=C\C/C=C\C/C=C\C/C=C\CCCC(=O)NC1CC(C(=O)OCC)=CC(OC(CC)CC)C1. The van der Waals surface area contributed by atoms with Crippen molar-refractivity contribution in [2.45, 2.75) is 123 Å². The summed E-state index contributed by atoms with van der Waals surface area (Å²) in [6, 6.07) is -0.116. The third-order valence-corrected chi connectivity index (χ3v) is 6.48. The summed E-state index contributed by atoms with van der Waals surface area (Å²) in [6.07, 6.45) is 33.8. The van der Waals surface area contributed by atoms with Crippen LogP contribution in [-0.2, 0) is 19.1 Å². The van der Waals surface area contributed by atoms with E-state index in [9.17, 15) is 9.59 Å². The first-order valence-electron chi connectivity index (χ1n) is 15.1. The third kappa shape index (κ3) is 17.5. The number of amides is 1. The van der Waals surface area contributed by atoms with Crippen LogP contribution in [-0.4, -0.2) is 36.7 Å². The van der Waals surface area contributed by atoms with E-state index in [-0.39, 0.29) is 30.1 Å². The highest BCUT2D eigenvalue weighted by atomic mass is 16.5. The Bertz CT molecular complexity index is 845. The number of carbonyl (C=O) groups excluding carboxylic acids is 2. The Morgan fingerprint density at radius 2 is 1.44 bits per heavy atom. The highest BCUT2D eigenvalue weighted by molar-refractivity contribution is 5.89. The van der Waals surface area contributed by atoms with E-state index in [1.54, 1.807) is 6.92 Å². The average molecular weight is 540 g/mol. The number of nitrogens with one attached hydrogen (secondary N) is 1. The number of ether oxygens (including phenoxy) is 2. The van der Waals surface area contributed by atoms with Crippen molar-refractivity contribution >= 4 is 11.9 Å². The second-order valence-electron chi connectivity index (χ2n) is 9.83. The van der Waals surface area contributed by atoms with Crippen LogP contribution < -0.4 is 5.32 Å². The fourth-order valence-corrected chi connectivity index (χ4v) is 4.35. The van der Waals surface area contributed by atoms with Gasteiger partial charge >= 0.3 is 5.97 Å². The molecule has 0 saturated heterocycles. The Morgan fingerprint density at radius 1 is 0.872 bits per heavy atom. The first-order chi connectivity index (χ1) is 19.0. The van der Waals surface area contributed by atoms with Crippen molar-refractivity contribution in [1.82, 2.24) is 5.32 Å². The lowest BCUT2D eigenvalue weighted by molar-refractivity contribution is -0.139. The van der Waals surface area contributed by atoms with Gasteiger partial charge in [0.2, 0.25) is 5.91 Å². The summed E-state index contributed by atoms with van der Waals surface area (Å²) in [5, 5.41) is 3.12. The van der Waals surface area contributed by atoms with Crippen molar-refractivity contribution in [3.8, 4) is 0 Å². The van der Waals surface area contributed by atoms with E-state index in [0.29, 0.717) is 31.4 Å². The van der Waals surface area contributed by atoms with Gasteiger partial charge in [0.15, 0.2) is 0 Å². The van der Waals surface area contributed by atoms with E-state index < -0.39 is 0 Å². The molecule has 0 spiro atoms. The number of carbonyl (C=O) groups is 2. The molecule has 0 radical (unpaired) electrons. The number of unbranched alkanes of at least 4 members (excludes halogenated alkanes) is 1. The molecular formula is C34H53NO4. The molecule has 2 atom stereocenters. The Balaban J connectivity index is 2.29. The van der Waals surface area contributed by atoms with Gasteiger partial charge in [-0.2, -0.15) is 0 Å². The van der Waals surface area contributed by atoms with E-state index in [0.717, 1.165) is 57.8 Å². The number of hydrogen-bond donors (Lipinski definition) is 1. The van der Waals surface area contributed by atoms with Gasteiger partial charge in [-0.15, -0.1) is 0 Å². The van der Waals surface area contributed by atoms with Gasteiger partial charge in [0.25, 0.3) is 0 Å². The first-order valence-corrected chi connectivity index (χ1v) is 15.1. The quantitative estimate of drug-likeness (QED) is 0.0961. The molecule has 1 rings (SSSR count). The summed E-state index contributed by atoms with van der Waals surface area (Å²) in [5.74, 6) is -0.285. The van der Waals surface area contributed by atoms with E-state index in [1.165, 1.54) is 0 Å². The van der Waals surface area contributed by atoms with Gasteiger partial charge in [-0.1, -0.05) is 81.5 Å². The van der Waals surface area contributed by atoms with Gasteiger partial charge < -0.3 is 14.8 Å². The van der Waals surface area contributed by atoms with Crippen LogP contribution in [0.1, 0.15) is 105 Å². The zero-order valence-electron chi connectivity index (χ0n) is 24.9. The molecule has 0 aromatic rings. The highest BCUT2D eigenvalue weighted by Crippen LogP contribution is 2.24. The predicted molar refractivity (Wildman–Crippen MR) is 163 cm³/mol. The second kappa shape index (κ2) is 23.2. The lowest BCUT2D eigenvalue weighted by atomic mass is 9.92. The molecule has 0 saturated carbocycles. The van der Waals surface area contributed by atoms with Crippen molar-refractivity contribution < 1.29 is 19.1 Å². The lowest BCUT2D eigenvalue weighted by Gasteiger charge is -2.31. The second-order valence-corrected chi connectivity index (χ2v) is 9.83. The molecule has 0 aromatic carbocycles. The summed E-state index contributed by atoms with van der Waals surface area (Å²) in [7, 11) is 0. The van der Waals surface area contributed by atoms with Crippen LogP contribution in [0.15, 0.2) is 72.4 Å². The molecular weight excluding hydrogens is 486 g/mol. The Labute approximate surface area is 238 Å². The Kier molecular flexibility index (Phi) is 20.5. The minimum atomic E-state index is -0.312. The maximum Gasteiger partial charge on any atom is 0.333 e. The van der Waals surface area contributed by atoms with Crippen LogP contribution >= 0.6 is 0 Å². The normalized spacial score (nSPS) is 18.3. The predicted octanol–water partition coefficient (Wildman–Crippen LogP) is 8.25. The molecule has 1 aliphatic rings. The maximum absolute atomic E-state index is 12.6. The monoisotopic (exact) mass is 539 g/mol. The topological polar surface area (TPSA) is 64.6 Å². The summed E-state index contributed by atoms with van der Waals surface area (Å²) in [6.45, 7) is 8.49. The van der Waals surface area contributed by atoms with Gasteiger partial charge in [0.05, 0.1) is 18.8 Å². The molecule has 1 aliphatic carbocycles. The van der Waals surface area contributed by atoms with Crippen LogP contribution in [0.2, 0.25) is 0 Å². The van der Waals surface area contributed by atoms with Crippen LogP contribution in [0.5, 0.6) is 0 Å². The molecule has 218 valence electrons. The largest absolute Gasteiger partial charge is 0.463 e. The van der Waals surface area contributed by atoms with Crippen molar-refractivity contribution in [1.29, 1.82) is 0 Å². The van der Waals surface area contributed by atoms with E-state index in [4.69, 9.17) is 9.47 Å². The molecule has 39 heavy (non-hydrogen) atoms. The zero-order chi connectivity index (χ0) is 28.6. The number of rotatable bonds is 20. The van der Waals surface area contributed by atoms with Gasteiger partial charge in [-0.25, -0.2) is 4.79 Å². The smallest absolute Gasteiger partial charge is 0.333 e. The summed E-state index contributed by atoms with van der Waals surface area (Å²) >= 11 is 0. The molecule has 0 bridgehead atoms. The van der Waals surface area contributed by atoms with E-state index in [2.05, 4.69) is 86.8 Å². The fourth-order valence-electron chi connectivity index (χ4n) is 4.35. The van der Waals surface area contributed by atoms with Gasteiger partial charge in [-0.05, 0) is 83.6 Å². The lowest BCUT2D eigenvalue weighted by Crippen LogP contribution is -2.41. The molecule has 2 unspecified atom stereocenters. The molecule has 0 aromatic heterocycles. The molecule has 1 N–H and O–H groups in total. The van der Waals surface area contributed by atoms with Gasteiger partial charge in [-0.3, -0.25) is 4.79 Å². The molecule has 5 heteroatoms.